The number of hydrogen-bond donors (Lipinski definition) is 0. The number of hydrogen-bond acceptors (Lipinski definition) is 4. The van der Waals surface area contributed by atoms with Crippen molar-refractivity contribution in [2.45, 2.75) is 38.4 Å². The summed E-state index contributed by atoms with van der Waals surface area (Å²) >= 11 is 0. The van der Waals surface area contributed by atoms with Crippen LogP contribution in [0.5, 0.6) is 0 Å². The molecule has 3 rings (SSSR count). The van der Waals surface area contributed by atoms with Gasteiger partial charge in [0, 0.05) is 6.42 Å². The molecule has 1 saturated carbocycles. The quantitative estimate of drug-likeness (QED) is 0.755. The van der Waals surface area contributed by atoms with E-state index < -0.39 is 12.1 Å². The number of ether oxygens (including phenoxy) is 1. The number of carbonyl (C=O) groups is 1. The van der Waals surface area contributed by atoms with Crippen molar-refractivity contribution >= 4 is 5.97 Å². The molecule has 5 nitrogen and oxygen atoms in total. The highest BCUT2D eigenvalue weighted by atomic mass is 19.1. The Morgan fingerprint density at radius 1 is 1.59 bits per heavy atom. The molecule has 2 unspecified atom stereocenters. The van der Waals surface area contributed by atoms with E-state index in [1.54, 1.807) is 11.6 Å². The summed E-state index contributed by atoms with van der Waals surface area (Å²) in [4.78, 5) is 15.4. The SMILES string of the molecule is CCOC(=O)c1nc2n(n1)C(C1CC1)CC2F. The summed E-state index contributed by atoms with van der Waals surface area (Å²) in [5, 5.41) is 4.09. The minimum atomic E-state index is -1.10. The Balaban J connectivity index is 1.89. The van der Waals surface area contributed by atoms with E-state index in [0.29, 0.717) is 12.3 Å². The number of nitrogens with zero attached hydrogens (tertiary/aromatic N) is 3. The van der Waals surface area contributed by atoms with Gasteiger partial charge in [-0.3, -0.25) is 0 Å². The van der Waals surface area contributed by atoms with Crippen molar-refractivity contribution in [3.8, 4) is 0 Å². The van der Waals surface area contributed by atoms with Crippen molar-refractivity contribution in [1.29, 1.82) is 0 Å². The molecular weight excluding hydrogens is 225 g/mol. The lowest BCUT2D eigenvalue weighted by molar-refractivity contribution is 0.0510. The fourth-order valence-corrected chi connectivity index (χ4v) is 2.37. The average Bonchev–Trinajstić information content (AvgIpc) is 2.95. The molecule has 92 valence electrons. The van der Waals surface area contributed by atoms with Crippen LogP contribution in [0, 0.1) is 5.92 Å². The molecule has 1 aliphatic carbocycles. The molecule has 0 radical (unpaired) electrons. The average molecular weight is 239 g/mol. The molecule has 2 heterocycles. The van der Waals surface area contributed by atoms with E-state index in [9.17, 15) is 9.18 Å². The van der Waals surface area contributed by atoms with Crippen LogP contribution in [0.4, 0.5) is 4.39 Å². The number of halogens is 1. The van der Waals surface area contributed by atoms with Crippen molar-refractivity contribution in [1.82, 2.24) is 14.8 Å². The first-order valence-electron chi connectivity index (χ1n) is 5.98. The second kappa shape index (κ2) is 3.78. The molecule has 2 aliphatic rings. The van der Waals surface area contributed by atoms with Gasteiger partial charge in [0.15, 0.2) is 12.0 Å². The Kier molecular flexibility index (Phi) is 2.38. The Hall–Kier alpha value is -1.46. The van der Waals surface area contributed by atoms with Gasteiger partial charge in [0.05, 0.1) is 12.6 Å². The summed E-state index contributed by atoms with van der Waals surface area (Å²) in [5.41, 5.74) is 0. The summed E-state index contributed by atoms with van der Waals surface area (Å²) in [6.45, 7) is 1.99. The molecule has 1 aromatic heterocycles. The number of carbonyl (C=O) groups excluding carboxylic acids is 1. The number of alkyl halides is 1. The Morgan fingerprint density at radius 3 is 3.00 bits per heavy atom. The van der Waals surface area contributed by atoms with E-state index in [4.69, 9.17) is 4.74 Å². The van der Waals surface area contributed by atoms with E-state index in [-0.39, 0.29) is 24.3 Å². The minimum absolute atomic E-state index is 0.0187. The van der Waals surface area contributed by atoms with Crippen LogP contribution < -0.4 is 0 Å². The smallest absolute Gasteiger partial charge is 0.378 e. The van der Waals surface area contributed by atoms with Crippen molar-refractivity contribution in [3.63, 3.8) is 0 Å². The summed E-state index contributed by atoms with van der Waals surface area (Å²) in [6, 6.07) is 0.0793. The molecule has 2 atom stereocenters. The first-order valence-corrected chi connectivity index (χ1v) is 5.98. The fourth-order valence-electron chi connectivity index (χ4n) is 2.37. The van der Waals surface area contributed by atoms with Gasteiger partial charge in [0.2, 0.25) is 0 Å². The molecule has 0 amide bonds. The van der Waals surface area contributed by atoms with E-state index in [2.05, 4.69) is 10.1 Å². The second-order valence-electron chi connectivity index (χ2n) is 4.57. The first-order chi connectivity index (χ1) is 8.20. The van der Waals surface area contributed by atoms with Gasteiger partial charge in [-0.1, -0.05) is 0 Å². The largest absolute Gasteiger partial charge is 0.460 e. The maximum absolute atomic E-state index is 13.7. The molecule has 0 bridgehead atoms. The number of esters is 1. The highest BCUT2D eigenvalue weighted by molar-refractivity contribution is 5.85. The minimum Gasteiger partial charge on any atom is -0.460 e. The van der Waals surface area contributed by atoms with E-state index in [1.807, 2.05) is 0 Å². The molecule has 0 saturated heterocycles. The third-order valence-corrected chi connectivity index (χ3v) is 3.32. The Bertz CT molecular complexity index is 456. The Labute approximate surface area is 98.0 Å². The van der Waals surface area contributed by atoms with Crippen LogP contribution in [0.2, 0.25) is 0 Å². The predicted octanol–water partition coefficient (Wildman–Crippen LogP) is 1.82. The molecule has 1 aromatic rings. The lowest BCUT2D eigenvalue weighted by atomic mass is 10.1. The molecule has 1 fully saturated rings. The highest BCUT2D eigenvalue weighted by Gasteiger charge is 2.43. The molecular formula is C11H14FN3O2. The van der Waals surface area contributed by atoms with Gasteiger partial charge in [0.1, 0.15) is 0 Å². The highest BCUT2D eigenvalue weighted by Crippen LogP contribution is 2.48. The monoisotopic (exact) mass is 239 g/mol. The van der Waals surface area contributed by atoms with Gasteiger partial charge in [-0.05, 0) is 25.7 Å². The van der Waals surface area contributed by atoms with Crippen LogP contribution in [-0.4, -0.2) is 27.3 Å². The van der Waals surface area contributed by atoms with Gasteiger partial charge in [-0.25, -0.2) is 18.9 Å². The van der Waals surface area contributed by atoms with Gasteiger partial charge in [-0.2, -0.15) is 0 Å². The third-order valence-electron chi connectivity index (χ3n) is 3.32. The van der Waals surface area contributed by atoms with Crippen LogP contribution in [0.15, 0.2) is 0 Å². The molecule has 0 aromatic carbocycles. The summed E-state index contributed by atoms with van der Waals surface area (Å²) < 4.78 is 20.1. The van der Waals surface area contributed by atoms with E-state index >= 15 is 0 Å². The lowest BCUT2D eigenvalue weighted by Crippen LogP contribution is -2.11. The van der Waals surface area contributed by atoms with Crippen LogP contribution in [0.1, 0.15) is 54.8 Å². The lowest BCUT2D eigenvalue weighted by Gasteiger charge is -2.08. The predicted molar refractivity (Wildman–Crippen MR) is 56.2 cm³/mol. The summed E-state index contributed by atoms with van der Waals surface area (Å²) in [5.74, 6) is 0.196. The zero-order valence-corrected chi connectivity index (χ0v) is 9.60. The maximum Gasteiger partial charge on any atom is 0.378 e. The second-order valence-corrected chi connectivity index (χ2v) is 4.57. The van der Waals surface area contributed by atoms with Gasteiger partial charge in [-0.15, -0.1) is 5.10 Å². The maximum atomic E-state index is 13.7. The third kappa shape index (κ3) is 1.71. The zero-order valence-electron chi connectivity index (χ0n) is 9.60. The van der Waals surface area contributed by atoms with E-state index in [1.165, 1.54) is 0 Å². The standard InChI is InChI=1S/C11H14FN3O2/c1-2-17-11(16)9-13-10-7(12)5-8(6-3-4-6)15(10)14-9/h6-8H,2-5H2,1H3. The van der Waals surface area contributed by atoms with Crippen molar-refractivity contribution in [2.75, 3.05) is 6.61 Å². The topological polar surface area (TPSA) is 57.0 Å². The van der Waals surface area contributed by atoms with Crippen LogP contribution in [0.3, 0.4) is 0 Å². The van der Waals surface area contributed by atoms with Crippen molar-refractivity contribution in [3.05, 3.63) is 11.6 Å². The van der Waals surface area contributed by atoms with E-state index in [0.717, 1.165) is 12.8 Å². The number of fused-ring (bicyclic) bond motifs is 1. The van der Waals surface area contributed by atoms with Gasteiger partial charge in [0.25, 0.3) is 5.82 Å². The Morgan fingerprint density at radius 2 is 2.35 bits per heavy atom. The van der Waals surface area contributed by atoms with Gasteiger partial charge < -0.3 is 4.74 Å². The molecule has 1 aliphatic heterocycles. The van der Waals surface area contributed by atoms with Gasteiger partial charge >= 0.3 is 5.97 Å². The van der Waals surface area contributed by atoms with Crippen molar-refractivity contribution < 1.29 is 13.9 Å². The number of rotatable bonds is 3. The molecule has 17 heavy (non-hydrogen) atoms. The summed E-state index contributed by atoms with van der Waals surface area (Å²) in [6.07, 6.45) is 1.58. The molecule has 6 heteroatoms. The van der Waals surface area contributed by atoms with Crippen LogP contribution >= 0.6 is 0 Å². The van der Waals surface area contributed by atoms with Crippen molar-refractivity contribution in [2.24, 2.45) is 5.92 Å². The van der Waals surface area contributed by atoms with Crippen LogP contribution in [-0.2, 0) is 4.74 Å². The number of aromatic nitrogens is 3. The molecule has 0 N–H and O–H groups in total. The normalized spacial score (nSPS) is 26.9. The first kappa shape index (κ1) is 10.7. The fraction of sp³-hybridized carbons (Fsp3) is 0.727. The van der Waals surface area contributed by atoms with Crippen LogP contribution in [0.25, 0.3) is 0 Å². The summed E-state index contributed by atoms with van der Waals surface area (Å²) in [7, 11) is 0. The molecule has 0 spiro atoms. The zero-order chi connectivity index (χ0) is 12.0.